The number of aromatic carboxylic acids is 1. The number of rotatable bonds is 12. The molecule has 3 rings (SSSR count). The van der Waals surface area contributed by atoms with Crippen molar-refractivity contribution >= 4 is 17.7 Å². The third-order valence-corrected chi connectivity index (χ3v) is 7.03. The van der Waals surface area contributed by atoms with E-state index in [0.717, 1.165) is 44.1 Å². The number of carbonyl (C=O) groups excluding carboxylic acids is 1. The van der Waals surface area contributed by atoms with Gasteiger partial charge in [-0.3, -0.25) is 0 Å². The Labute approximate surface area is 219 Å². The van der Waals surface area contributed by atoms with Crippen molar-refractivity contribution in [2.24, 2.45) is 0 Å². The van der Waals surface area contributed by atoms with Gasteiger partial charge in [0.25, 0.3) is 0 Å². The summed E-state index contributed by atoms with van der Waals surface area (Å²) in [6.45, 7) is 6.96. The molecule has 1 fully saturated rings. The molecule has 2 aromatic rings. The van der Waals surface area contributed by atoms with Crippen molar-refractivity contribution in [3.8, 4) is 0 Å². The van der Waals surface area contributed by atoms with Crippen LogP contribution in [0.5, 0.6) is 0 Å². The van der Waals surface area contributed by atoms with Gasteiger partial charge in [-0.2, -0.15) is 0 Å². The molecule has 0 aromatic heterocycles. The van der Waals surface area contributed by atoms with Crippen LogP contribution in [0.4, 0.5) is 14.9 Å². The van der Waals surface area contributed by atoms with E-state index < -0.39 is 11.8 Å². The molecule has 1 saturated carbocycles. The fraction of sp³-hybridized carbons (Fsp3) is 0.517. The van der Waals surface area contributed by atoms with Gasteiger partial charge in [0, 0.05) is 18.3 Å². The molecule has 0 saturated heterocycles. The van der Waals surface area contributed by atoms with Crippen molar-refractivity contribution in [2.75, 3.05) is 18.5 Å². The lowest BCUT2D eigenvalue weighted by atomic mass is 9.94. The highest BCUT2D eigenvalue weighted by Gasteiger charge is 2.26. The molecule has 2 N–H and O–H groups in total. The normalized spacial score (nSPS) is 17.5. The number of carbonyl (C=O) groups is 2. The highest BCUT2D eigenvalue weighted by atomic mass is 19.1. The summed E-state index contributed by atoms with van der Waals surface area (Å²) >= 11 is 0. The van der Waals surface area contributed by atoms with Gasteiger partial charge in [0.1, 0.15) is 5.82 Å². The Bertz CT molecular complexity index is 1040. The maximum atomic E-state index is 13.6. The summed E-state index contributed by atoms with van der Waals surface area (Å²) in [5, 5.41) is 12.4. The zero-order chi connectivity index (χ0) is 26.8. The standard InChI is InChI=1S/C29H39FN2O5/c1-4-24(5-2)32(29(35)31-23-12-7-11-22(30)17-23)15-16-36-25-13-8-14-26(18-25)37-19-21-10-6-9-20(3)27(21)28(33)34/h6-7,9-12,17,24-26H,4-5,8,13-16,18-19H2,1-3H3,(H,31,35)(H,33,34)/t25-,26+/m1/s1. The first-order valence-electron chi connectivity index (χ1n) is 13.2. The van der Waals surface area contributed by atoms with Gasteiger partial charge in [0.05, 0.1) is 31.0 Å². The smallest absolute Gasteiger partial charge is 0.336 e. The minimum atomic E-state index is -0.940. The van der Waals surface area contributed by atoms with Gasteiger partial charge in [-0.15, -0.1) is 0 Å². The Kier molecular flexibility index (Phi) is 10.9. The molecule has 0 aliphatic heterocycles. The lowest BCUT2D eigenvalue weighted by Gasteiger charge is -2.33. The first-order chi connectivity index (χ1) is 17.8. The summed E-state index contributed by atoms with van der Waals surface area (Å²) in [6.07, 6.45) is 5.15. The molecule has 7 nitrogen and oxygen atoms in total. The van der Waals surface area contributed by atoms with Crippen LogP contribution >= 0.6 is 0 Å². The largest absolute Gasteiger partial charge is 0.478 e. The lowest BCUT2D eigenvalue weighted by Crippen LogP contribution is -2.44. The van der Waals surface area contributed by atoms with E-state index in [4.69, 9.17) is 9.47 Å². The number of carboxylic acids is 1. The second kappa shape index (κ2) is 14.1. The van der Waals surface area contributed by atoms with Crippen LogP contribution in [0.1, 0.15) is 73.9 Å². The Morgan fingerprint density at radius 1 is 1.11 bits per heavy atom. The summed E-state index contributed by atoms with van der Waals surface area (Å²) in [4.78, 5) is 26.4. The number of urea groups is 1. The number of carboxylic acid groups (broad SMARTS) is 1. The molecule has 0 heterocycles. The van der Waals surface area contributed by atoms with Gasteiger partial charge in [0.2, 0.25) is 0 Å². The van der Waals surface area contributed by atoms with Crippen LogP contribution in [0.3, 0.4) is 0 Å². The zero-order valence-electron chi connectivity index (χ0n) is 22.0. The number of aryl methyl sites for hydroxylation is 1. The van der Waals surface area contributed by atoms with Crippen molar-refractivity contribution in [1.29, 1.82) is 0 Å². The number of ether oxygens (including phenoxy) is 2. The van der Waals surface area contributed by atoms with Crippen LogP contribution < -0.4 is 5.32 Å². The average Bonchev–Trinajstić information content (AvgIpc) is 2.87. The van der Waals surface area contributed by atoms with Gasteiger partial charge in [-0.25, -0.2) is 14.0 Å². The average molecular weight is 515 g/mol. The highest BCUT2D eigenvalue weighted by Crippen LogP contribution is 2.26. The zero-order valence-corrected chi connectivity index (χ0v) is 22.0. The van der Waals surface area contributed by atoms with E-state index >= 15 is 0 Å². The highest BCUT2D eigenvalue weighted by molar-refractivity contribution is 5.91. The molecule has 0 unspecified atom stereocenters. The van der Waals surface area contributed by atoms with Gasteiger partial charge in [-0.05, 0) is 74.8 Å². The number of anilines is 1. The number of hydrogen-bond donors (Lipinski definition) is 2. The number of benzene rings is 2. The van der Waals surface area contributed by atoms with Gasteiger partial charge in [0.15, 0.2) is 0 Å². The van der Waals surface area contributed by atoms with Crippen molar-refractivity contribution in [1.82, 2.24) is 4.90 Å². The molecule has 2 atom stereocenters. The monoisotopic (exact) mass is 514 g/mol. The predicted molar refractivity (Wildman–Crippen MR) is 141 cm³/mol. The van der Waals surface area contributed by atoms with Gasteiger partial charge >= 0.3 is 12.0 Å². The quantitative estimate of drug-likeness (QED) is 0.342. The third kappa shape index (κ3) is 8.27. The molecule has 8 heteroatoms. The molecule has 0 spiro atoms. The third-order valence-electron chi connectivity index (χ3n) is 7.03. The minimum absolute atomic E-state index is 0.00711. The van der Waals surface area contributed by atoms with Crippen LogP contribution in [0.25, 0.3) is 0 Å². The number of nitrogens with one attached hydrogen (secondary N) is 1. The van der Waals surface area contributed by atoms with Crippen molar-refractivity contribution < 1.29 is 28.6 Å². The van der Waals surface area contributed by atoms with Crippen molar-refractivity contribution in [3.63, 3.8) is 0 Å². The molecular weight excluding hydrogens is 475 g/mol. The summed E-state index contributed by atoms with van der Waals surface area (Å²) in [5.41, 5.74) is 2.14. The van der Waals surface area contributed by atoms with Crippen molar-refractivity contribution in [3.05, 3.63) is 65.0 Å². The molecule has 202 valence electrons. The van der Waals surface area contributed by atoms with Crippen LogP contribution in [0.2, 0.25) is 0 Å². The molecule has 2 aromatic carbocycles. The van der Waals surface area contributed by atoms with E-state index in [0.29, 0.717) is 30.0 Å². The Hall–Kier alpha value is -2.97. The molecule has 37 heavy (non-hydrogen) atoms. The minimum Gasteiger partial charge on any atom is -0.478 e. The number of halogens is 1. The molecule has 0 bridgehead atoms. The first-order valence-corrected chi connectivity index (χ1v) is 13.2. The van der Waals surface area contributed by atoms with Crippen LogP contribution in [-0.4, -0.2) is 53.4 Å². The van der Waals surface area contributed by atoms with E-state index in [-0.39, 0.29) is 30.9 Å². The van der Waals surface area contributed by atoms with Crippen LogP contribution in [0.15, 0.2) is 42.5 Å². The molecular formula is C29H39FN2O5. The Morgan fingerprint density at radius 2 is 1.81 bits per heavy atom. The molecule has 0 radical (unpaired) electrons. The summed E-state index contributed by atoms with van der Waals surface area (Å²) < 4.78 is 25.8. The van der Waals surface area contributed by atoms with Crippen molar-refractivity contribution in [2.45, 2.75) is 84.2 Å². The van der Waals surface area contributed by atoms with E-state index in [9.17, 15) is 19.1 Å². The van der Waals surface area contributed by atoms with E-state index in [1.165, 1.54) is 12.1 Å². The second-order valence-electron chi connectivity index (χ2n) is 9.61. The van der Waals surface area contributed by atoms with E-state index in [2.05, 4.69) is 5.32 Å². The summed E-state index contributed by atoms with van der Waals surface area (Å²) in [5.74, 6) is -1.34. The molecule has 2 amide bonds. The van der Waals surface area contributed by atoms with Gasteiger partial charge < -0.3 is 24.8 Å². The number of hydrogen-bond acceptors (Lipinski definition) is 4. The lowest BCUT2D eigenvalue weighted by molar-refractivity contribution is -0.0533. The van der Waals surface area contributed by atoms with E-state index in [1.54, 1.807) is 36.1 Å². The van der Waals surface area contributed by atoms with Gasteiger partial charge in [-0.1, -0.05) is 38.1 Å². The van der Waals surface area contributed by atoms with E-state index in [1.807, 2.05) is 19.9 Å². The fourth-order valence-electron chi connectivity index (χ4n) is 5.03. The summed E-state index contributed by atoms with van der Waals surface area (Å²) in [6, 6.07) is 11.1. The van der Waals surface area contributed by atoms with Crippen LogP contribution in [0, 0.1) is 12.7 Å². The number of nitrogens with zero attached hydrogens (tertiary/aromatic N) is 1. The Morgan fingerprint density at radius 3 is 2.49 bits per heavy atom. The number of amides is 2. The molecule has 1 aliphatic rings. The maximum absolute atomic E-state index is 13.6. The maximum Gasteiger partial charge on any atom is 0.336 e. The molecule has 1 aliphatic carbocycles. The van der Waals surface area contributed by atoms with Crippen LogP contribution in [-0.2, 0) is 16.1 Å². The predicted octanol–water partition coefficient (Wildman–Crippen LogP) is 6.40. The fourth-order valence-corrected chi connectivity index (χ4v) is 5.03. The first kappa shape index (κ1) is 28.6. The Balaban J connectivity index is 1.52. The second-order valence-corrected chi connectivity index (χ2v) is 9.61. The SMILES string of the molecule is CCC(CC)N(CCO[C@@H]1CCC[C@H](OCc2cccc(C)c2C(=O)O)C1)C(=O)Nc1cccc(F)c1. The summed E-state index contributed by atoms with van der Waals surface area (Å²) in [7, 11) is 0. The topological polar surface area (TPSA) is 88.1 Å².